The van der Waals surface area contributed by atoms with Gasteiger partial charge in [-0.3, -0.25) is 0 Å². The van der Waals surface area contributed by atoms with Crippen LogP contribution in [-0.2, 0) is 6.54 Å². The molecule has 120 valence electrons. The van der Waals surface area contributed by atoms with Crippen LogP contribution >= 0.6 is 0 Å². The van der Waals surface area contributed by atoms with E-state index in [0.717, 1.165) is 25.4 Å². The van der Waals surface area contributed by atoms with Crippen LogP contribution in [0.1, 0.15) is 40.2 Å². The zero-order chi connectivity index (χ0) is 16.1. The number of methoxy groups -OCH3 is 1. The molecule has 0 saturated carbocycles. The Hall–Kier alpha value is -1.06. The molecule has 3 heteroatoms. The van der Waals surface area contributed by atoms with Crippen molar-refractivity contribution in [1.82, 2.24) is 10.2 Å². The maximum absolute atomic E-state index is 5.28. The minimum Gasteiger partial charge on any atom is -0.497 e. The lowest BCUT2D eigenvalue weighted by Gasteiger charge is -2.34. The molecule has 1 aromatic rings. The highest BCUT2D eigenvalue weighted by Crippen LogP contribution is 2.19. The van der Waals surface area contributed by atoms with E-state index in [1.54, 1.807) is 7.11 Å². The predicted octanol–water partition coefficient (Wildman–Crippen LogP) is 3.54. The number of ether oxygens (including phenoxy) is 1. The summed E-state index contributed by atoms with van der Waals surface area (Å²) in [6.07, 6.45) is 0. The molecule has 0 aliphatic rings. The molecular weight excluding hydrogens is 260 g/mol. The fourth-order valence-corrected chi connectivity index (χ4v) is 2.43. The molecule has 21 heavy (non-hydrogen) atoms. The van der Waals surface area contributed by atoms with Gasteiger partial charge in [0.1, 0.15) is 5.75 Å². The van der Waals surface area contributed by atoms with Crippen molar-refractivity contribution in [2.45, 2.75) is 46.7 Å². The van der Waals surface area contributed by atoms with Crippen LogP contribution < -0.4 is 10.1 Å². The van der Waals surface area contributed by atoms with Gasteiger partial charge in [0.25, 0.3) is 0 Å². The Morgan fingerprint density at radius 1 is 1.14 bits per heavy atom. The van der Waals surface area contributed by atoms with Crippen LogP contribution in [0.15, 0.2) is 24.3 Å². The van der Waals surface area contributed by atoms with Gasteiger partial charge < -0.3 is 15.0 Å². The van der Waals surface area contributed by atoms with Crippen molar-refractivity contribution in [2.24, 2.45) is 5.41 Å². The molecule has 0 aromatic heterocycles. The van der Waals surface area contributed by atoms with Crippen molar-refractivity contribution in [1.29, 1.82) is 0 Å². The first kappa shape index (κ1) is 18.0. The summed E-state index contributed by atoms with van der Waals surface area (Å²) >= 11 is 0. The Bertz CT molecular complexity index is 435. The van der Waals surface area contributed by atoms with Gasteiger partial charge in [-0.25, -0.2) is 0 Å². The van der Waals surface area contributed by atoms with E-state index < -0.39 is 0 Å². The Labute approximate surface area is 130 Å². The molecule has 0 aliphatic heterocycles. The van der Waals surface area contributed by atoms with Gasteiger partial charge in [0.2, 0.25) is 0 Å². The number of nitrogens with zero attached hydrogens (tertiary/aromatic N) is 1. The molecular formula is C18H32N2O. The second-order valence-corrected chi connectivity index (χ2v) is 7.79. The summed E-state index contributed by atoms with van der Waals surface area (Å²) in [4.78, 5) is 2.37. The Morgan fingerprint density at radius 2 is 1.81 bits per heavy atom. The number of benzene rings is 1. The summed E-state index contributed by atoms with van der Waals surface area (Å²) in [6, 6.07) is 8.30. The van der Waals surface area contributed by atoms with Gasteiger partial charge in [0.15, 0.2) is 0 Å². The molecule has 1 aromatic carbocycles. The molecule has 0 atom stereocenters. The fraction of sp³-hybridized carbons (Fsp3) is 0.667. The third kappa shape index (κ3) is 7.49. The molecule has 1 rings (SSSR count). The normalized spacial score (nSPS) is 12.8. The van der Waals surface area contributed by atoms with Crippen molar-refractivity contribution in [3.05, 3.63) is 29.8 Å². The number of rotatable bonds is 7. The highest BCUT2D eigenvalue weighted by Gasteiger charge is 2.22. The van der Waals surface area contributed by atoms with Crippen LogP contribution in [0.3, 0.4) is 0 Å². The van der Waals surface area contributed by atoms with E-state index >= 15 is 0 Å². The van der Waals surface area contributed by atoms with Crippen LogP contribution in [0.25, 0.3) is 0 Å². The molecule has 0 aliphatic carbocycles. The topological polar surface area (TPSA) is 24.5 Å². The summed E-state index contributed by atoms with van der Waals surface area (Å²) in [5.41, 5.74) is 1.69. The zero-order valence-electron chi connectivity index (χ0n) is 14.8. The standard InChI is InChI=1S/C18H32N2O/c1-17(2,3)19-13-18(4,5)14-20(6)12-15-9-8-10-16(11-15)21-7/h8-11,19H,12-14H2,1-7H3. The monoisotopic (exact) mass is 292 g/mol. The molecule has 0 unspecified atom stereocenters. The molecule has 3 nitrogen and oxygen atoms in total. The van der Waals surface area contributed by atoms with E-state index in [-0.39, 0.29) is 11.0 Å². The second kappa shape index (κ2) is 7.28. The zero-order valence-corrected chi connectivity index (χ0v) is 14.8. The minimum atomic E-state index is 0.169. The van der Waals surface area contributed by atoms with Gasteiger partial charge in [-0.05, 0) is 50.9 Å². The van der Waals surface area contributed by atoms with E-state index in [1.807, 2.05) is 12.1 Å². The van der Waals surface area contributed by atoms with Gasteiger partial charge in [0.05, 0.1) is 7.11 Å². The van der Waals surface area contributed by atoms with Crippen molar-refractivity contribution < 1.29 is 4.74 Å². The first-order valence-corrected chi connectivity index (χ1v) is 7.68. The van der Waals surface area contributed by atoms with Gasteiger partial charge >= 0.3 is 0 Å². The van der Waals surface area contributed by atoms with Crippen molar-refractivity contribution in [3.8, 4) is 5.75 Å². The molecule has 0 bridgehead atoms. The molecule has 1 N–H and O–H groups in total. The summed E-state index contributed by atoms with van der Waals surface area (Å²) in [6.45, 7) is 14.3. The van der Waals surface area contributed by atoms with Crippen molar-refractivity contribution in [2.75, 3.05) is 27.2 Å². The van der Waals surface area contributed by atoms with Crippen LogP contribution in [0.4, 0.5) is 0 Å². The van der Waals surface area contributed by atoms with E-state index in [4.69, 9.17) is 4.74 Å². The molecule has 0 spiro atoms. The Morgan fingerprint density at radius 3 is 2.38 bits per heavy atom. The lowest BCUT2D eigenvalue weighted by Crippen LogP contribution is -2.45. The van der Waals surface area contributed by atoms with E-state index in [9.17, 15) is 0 Å². The highest BCUT2D eigenvalue weighted by atomic mass is 16.5. The number of hydrogen-bond donors (Lipinski definition) is 1. The van der Waals surface area contributed by atoms with E-state index in [2.05, 4.69) is 64.0 Å². The lowest BCUT2D eigenvalue weighted by atomic mass is 9.91. The molecule has 0 saturated heterocycles. The largest absolute Gasteiger partial charge is 0.497 e. The highest BCUT2D eigenvalue weighted by molar-refractivity contribution is 5.28. The quantitative estimate of drug-likeness (QED) is 0.832. The van der Waals surface area contributed by atoms with Gasteiger partial charge in [-0.15, -0.1) is 0 Å². The fourth-order valence-electron chi connectivity index (χ4n) is 2.43. The van der Waals surface area contributed by atoms with Crippen LogP contribution in [0, 0.1) is 5.41 Å². The predicted molar refractivity (Wildman–Crippen MR) is 90.9 cm³/mol. The summed E-state index contributed by atoms with van der Waals surface area (Å²) in [7, 11) is 3.89. The first-order chi connectivity index (χ1) is 9.61. The van der Waals surface area contributed by atoms with E-state index in [0.29, 0.717) is 0 Å². The lowest BCUT2D eigenvalue weighted by molar-refractivity contribution is 0.186. The van der Waals surface area contributed by atoms with Gasteiger partial charge in [-0.2, -0.15) is 0 Å². The molecule has 0 radical (unpaired) electrons. The smallest absolute Gasteiger partial charge is 0.119 e. The maximum Gasteiger partial charge on any atom is 0.119 e. The Kier molecular flexibility index (Phi) is 6.24. The molecule has 0 fully saturated rings. The summed E-state index contributed by atoms with van der Waals surface area (Å²) < 4.78 is 5.28. The average molecular weight is 292 g/mol. The average Bonchev–Trinajstić information content (AvgIpc) is 2.35. The van der Waals surface area contributed by atoms with Gasteiger partial charge in [-0.1, -0.05) is 26.0 Å². The van der Waals surface area contributed by atoms with E-state index in [1.165, 1.54) is 5.56 Å². The number of nitrogens with one attached hydrogen (secondary N) is 1. The second-order valence-electron chi connectivity index (χ2n) is 7.79. The van der Waals surface area contributed by atoms with Gasteiger partial charge in [0, 0.05) is 25.2 Å². The van der Waals surface area contributed by atoms with Crippen molar-refractivity contribution >= 4 is 0 Å². The first-order valence-electron chi connectivity index (χ1n) is 7.68. The molecule has 0 amide bonds. The van der Waals surface area contributed by atoms with Crippen molar-refractivity contribution in [3.63, 3.8) is 0 Å². The summed E-state index contributed by atoms with van der Waals surface area (Å²) in [5.74, 6) is 0.926. The Balaban J connectivity index is 2.53. The summed E-state index contributed by atoms with van der Waals surface area (Å²) in [5, 5.41) is 3.60. The molecule has 0 heterocycles. The van der Waals surface area contributed by atoms with Crippen LogP contribution in [0.2, 0.25) is 0 Å². The van der Waals surface area contributed by atoms with Crippen LogP contribution in [0.5, 0.6) is 5.75 Å². The van der Waals surface area contributed by atoms with Crippen LogP contribution in [-0.4, -0.2) is 37.7 Å². The third-order valence-electron chi connectivity index (χ3n) is 3.38. The minimum absolute atomic E-state index is 0.169. The maximum atomic E-state index is 5.28. The third-order valence-corrected chi connectivity index (χ3v) is 3.38. The SMILES string of the molecule is COc1cccc(CN(C)CC(C)(C)CNC(C)(C)C)c1. The number of hydrogen-bond acceptors (Lipinski definition) is 3.